The third kappa shape index (κ3) is 3.55. The highest BCUT2D eigenvalue weighted by molar-refractivity contribution is 6.00. The molecule has 0 aliphatic carbocycles. The zero-order valence-corrected chi connectivity index (χ0v) is 11.3. The SMILES string of the molecule is COc1ccccc1C(=O)CN1CCC(CO)CC1. The lowest BCUT2D eigenvalue weighted by Crippen LogP contribution is -2.38. The number of benzene rings is 1. The molecule has 0 radical (unpaired) electrons. The molecule has 1 aliphatic heterocycles. The number of nitrogens with zero attached hydrogens (tertiary/aromatic N) is 1. The highest BCUT2D eigenvalue weighted by Crippen LogP contribution is 2.20. The van der Waals surface area contributed by atoms with Crippen LogP contribution in [0.1, 0.15) is 23.2 Å². The van der Waals surface area contributed by atoms with E-state index >= 15 is 0 Å². The molecule has 4 nitrogen and oxygen atoms in total. The number of hydrogen-bond acceptors (Lipinski definition) is 4. The summed E-state index contributed by atoms with van der Waals surface area (Å²) in [7, 11) is 1.58. The molecule has 1 aromatic rings. The molecular weight excluding hydrogens is 242 g/mol. The van der Waals surface area contributed by atoms with Crippen molar-refractivity contribution < 1.29 is 14.6 Å². The molecule has 0 spiro atoms. The highest BCUT2D eigenvalue weighted by Gasteiger charge is 2.21. The molecule has 2 rings (SSSR count). The molecule has 0 aromatic heterocycles. The average Bonchev–Trinajstić information content (AvgIpc) is 2.48. The highest BCUT2D eigenvalue weighted by atomic mass is 16.5. The van der Waals surface area contributed by atoms with Crippen molar-refractivity contribution in [3.63, 3.8) is 0 Å². The second kappa shape index (κ2) is 6.68. The number of ether oxygens (including phenoxy) is 1. The number of hydrogen-bond donors (Lipinski definition) is 1. The maximum Gasteiger partial charge on any atom is 0.180 e. The van der Waals surface area contributed by atoms with Gasteiger partial charge in [-0.05, 0) is 44.0 Å². The van der Waals surface area contributed by atoms with E-state index in [2.05, 4.69) is 4.90 Å². The zero-order valence-electron chi connectivity index (χ0n) is 11.3. The molecule has 104 valence electrons. The van der Waals surface area contributed by atoms with E-state index in [4.69, 9.17) is 9.84 Å². The van der Waals surface area contributed by atoms with Gasteiger partial charge in [-0.15, -0.1) is 0 Å². The minimum atomic E-state index is 0.0971. The van der Waals surface area contributed by atoms with Gasteiger partial charge in [0.1, 0.15) is 5.75 Å². The Bertz CT molecular complexity index is 425. The van der Waals surface area contributed by atoms with E-state index in [-0.39, 0.29) is 12.4 Å². The Kier molecular flexibility index (Phi) is 4.93. The van der Waals surface area contributed by atoms with E-state index in [1.54, 1.807) is 7.11 Å². The molecule has 0 saturated carbocycles. The van der Waals surface area contributed by atoms with Crippen LogP contribution in [0.15, 0.2) is 24.3 Å². The smallest absolute Gasteiger partial charge is 0.180 e. The van der Waals surface area contributed by atoms with E-state index in [0.29, 0.717) is 23.8 Å². The van der Waals surface area contributed by atoms with Crippen LogP contribution in [0.5, 0.6) is 5.75 Å². The number of likely N-dealkylation sites (tertiary alicyclic amines) is 1. The summed E-state index contributed by atoms with van der Waals surface area (Å²) in [6.45, 7) is 2.45. The number of methoxy groups -OCH3 is 1. The predicted octanol–water partition coefficient (Wildman–Crippen LogP) is 1.58. The van der Waals surface area contributed by atoms with Crippen LogP contribution in [0.25, 0.3) is 0 Å². The molecule has 1 saturated heterocycles. The molecule has 0 bridgehead atoms. The molecule has 0 atom stereocenters. The fraction of sp³-hybridized carbons (Fsp3) is 0.533. The Labute approximate surface area is 114 Å². The lowest BCUT2D eigenvalue weighted by Gasteiger charge is -2.30. The Morgan fingerprint density at radius 2 is 2.05 bits per heavy atom. The Balaban J connectivity index is 1.94. The van der Waals surface area contributed by atoms with Crippen LogP contribution >= 0.6 is 0 Å². The third-order valence-electron chi connectivity index (χ3n) is 3.74. The fourth-order valence-electron chi connectivity index (χ4n) is 2.49. The van der Waals surface area contributed by atoms with Crippen LogP contribution in [-0.4, -0.2) is 49.1 Å². The van der Waals surface area contributed by atoms with Gasteiger partial charge in [0.2, 0.25) is 0 Å². The van der Waals surface area contributed by atoms with E-state index < -0.39 is 0 Å². The van der Waals surface area contributed by atoms with E-state index in [1.165, 1.54) is 0 Å². The molecule has 19 heavy (non-hydrogen) atoms. The van der Waals surface area contributed by atoms with Crippen molar-refractivity contribution in [3.8, 4) is 5.75 Å². The normalized spacial score (nSPS) is 17.4. The fourth-order valence-corrected chi connectivity index (χ4v) is 2.49. The van der Waals surface area contributed by atoms with Gasteiger partial charge < -0.3 is 9.84 Å². The Hall–Kier alpha value is -1.39. The first-order chi connectivity index (χ1) is 9.24. The van der Waals surface area contributed by atoms with Crippen molar-refractivity contribution in [2.75, 3.05) is 33.4 Å². The van der Waals surface area contributed by atoms with Gasteiger partial charge in [-0.2, -0.15) is 0 Å². The van der Waals surface area contributed by atoms with E-state index in [0.717, 1.165) is 25.9 Å². The van der Waals surface area contributed by atoms with E-state index in [9.17, 15) is 4.79 Å². The summed E-state index contributed by atoms with van der Waals surface area (Å²) in [4.78, 5) is 14.4. The minimum absolute atomic E-state index is 0.0971. The molecule has 1 aromatic carbocycles. The second-order valence-corrected chi connectivity index (χ2v) is 5.03. The summed E-state index contributed by atoms with van der Waals surface area (Å²) in [5, 5.41) is 9.10. The predicted molar refractivity (Wildman–Crippen MR) is 73.6 cm³/mol. The number of rotatable bonds is 5. The number of carbonyl (C=O) groups is 1. The van der Waals surface area contributed by atoms with Crippen LogP contribution in [-0.2, 0) is 0 Å². The van der Waals surface area contributed by atoms with Crippen LogP contribution in [0.2, 0.25) is 0 Å². The summed E-state index contributed by atoms with van der Waals surface area (Å²) >= 11 is 0. The molecule has 0 unspecified atom stereocenters. The monoisotopic (exact) mass is 263 g/mol. The number of carbonyl (C=O) groups excluding carboxylic acids is 1. The largest absolute Gasteiger partial charge is 0.496 e. The lowest BCUT2D eigenvalue weighted by atomic mass is 9.97. The van der Waals surface area contributed by atoms with Gasteiger partial charge in [0.25, 0.3) is 0 Å². The summed E-state index contributed by atoms with van der Waals surface area (Å²) in [5.74, 6) is 1.13. The van der Waals surface area contributed by atoms with Crippen LogP contribution in [0, 0.1) is 5.92 Å². The summed E-state index contributed by atoms with van der Waals surface area (Å²) < 4.78 is 5.22. The molecule has 1 fully saturated rings. The van der Waals surface area contributed by atoms with Crippen LogP contribution in [0.3, 0.4) is 0 Å². The van der Waals surface area contributed by atoms with Gasteiger partial charge in [0, 0.05) is 6.61 Å². The topological polar surface area (TPSA) is 49.8 Å². The maximum atomic E-state index is 12.3. The van der Waals surface area contributed by atoms with Crippen LogP contribution in [0.4, 0.5) is 0 Å². The van der Waals surface area contributed by atoms with Crippen molar-refractivity contribution in [1.29, 1.82) is 0 Å². The second-order valence-electron chi connectivity index (χ2n) is 5.03. The number of aliphatic hydroxyl groups is 1. The zero-order chi connectivity index (χ0) is 13.7. The molecule has 0 amide bonds. The molecular formula is C15H21NO3. The van der Waals surface area contributed by atoms with Crippen molar-refractivity contribution >= 4 is 5.78 Å². The first-order valence-electron chi connectivity index (χ1n) is 6.74. The summed E-state index contributed by atoms with van der Waals surface area (Å²) in [5.41, 5.74) is 0.647. The van der Waals surface area contributed by atoms with Gasteiger partial charge in [-0.25, -0.2) is 0 Å². The number of para-hydroxylation sites is 1. The first-order valence-corrected chi connectivity index (χ1v) is 6.74. The van der Waals surface area contributed by atoms with Gasteiger partial charge in [-0.3, -0.25) is 9.69 Å². The van der Waals surface area contributed by atoms with Gasteiger partial charge in [0.15, 0.2) is 5.78 Å². The maximum absolute atomic E-state index is 12.3. The van der Waals surface area contributed by atoms with Crippen molar-refractivity contribution in [2.24, 2.45) is 5.92 Å². The van der Waals surface area contributed by atoms with Crippen LogP contribution < -0.4 is 4.74 Å². The van der Waals surface area contributed by atoms with Gasteiger partial charge in [0.05, 0.1) is 19.2 Å². The van der Waals surface area contributed by atoms with Crippen molar-refractivity contribution in [1.82, 2.24) is 4.90 Å². The van der Waals surface area contributed by atoms with Gasteiger partial charge >= 0.3 is 0 Å². The van der Waals surface area contributed by atoms with E-state index in [1.807, 2.05) is 24.3 Å². The third-order valence-corrected chi connectivity index (χ3v) is 3.74. The summed E-state index contributed by atoms with van der Waals surface area (Å²) in [6, 6.07) is 7.34. The van der Waals surface area contributed by atoms with Crippen molar-refractivity contribution in [2.45, 2.75) is 12.8 Å². The number of ketones is 1. The Morgan fingerprint density at radius 3 is 2.68 bits per heavy atom. The quantitative estimate of drug-likeness (QED) is 0.820. The average molecular weight is 263 g/mol. The minimum Gasteiger partial charge on any atom is -0.496 e. The number of aliphatic hydroxyl groups excluding tert-OH is 1. The Morgan fingerprint density at radius 1 is 1.37 bits per heavy atom. The molecule has 4 heteroatoms. The summed E-state index contributed by atoms with van der Waals surface area (Å²) in [6.07, 6.45) is 1.94. The standard InChI is InChI=1S/C15H21NO3/c1-19-15-5-3-2-4-13(15)14(18)10-16-8-6-12(11-17)7-9-16/h2-5,12,17H,6-11H2,1H3. The van der Waals surface area contributed by atoms with Crippen molar-refractivity contribution in [3.05, 3.63) is 29.8 Å². The first kappa shape index (κ1) is 14.0. The number of piperidine rings is 1. The van der Waals surface area contributed by atoms with Gasteiger partial charge in [-0.1, -0.05) is 12.1 Å². The molecule has 1 N–H and O–H groups in total. The number of Topliss-reactive ketones (excluding diaryl/α,β-unsaturated/α-hetero) is 1. The lowest BCUT2D eigenvalue weighted by molar-refractivity contribution is 0.0861. The molecule has 1 aliphatic rings. The molecule has 1 heterocycles.